The van der Waals surface area contributed by atoms with E-state index in [2.05, 4.69) is 48.5 Å². The zero-order valence-electron chi connectivity index (χ0n) is 17.7. The summed E-state index contributed by atoms with van der Waals surface area (Å²) in [5, 5.41) is 11.3. The Morgan fingerprint density at radius 2 is 1.58 bits per heavy atom. The first-order valence-corrected chi connectivity index (χ1v) is 11.6. The van der Waals surface area contributed by atoms with Crippen LogP contribution < -0.4 is 0 Å². The third kappa shape index (κ3) is 3.09. The maximum absolute atomic E-state index is 13.3. The standard InChI is InChI=1S/C26H29NO4/c28-25(27-18-6-5-7-19(27)13-26(29,12-18)17-14-30-15-17)31-16-24-22-10-3-1-8-20(22)21-9-2-4-11-23(21)24/h1-4,8-11,17-19,24,29H,5-7,12-16H2. The van der Waals surface area contributed by atoms with Crippen molar-refractivity contribution in [2.45, 2.75) is 55.7 Å². The molecule has 2 aromatic rings. The summed E-state index contributed by atoms with van der Waals surface area (Å²) in [7, 11) is 0. The van der Waals surface area contributed by atoms with Crippen LogP contribution in [0.2, 0.25) is 0 Å². The van der Waals surface area contributed by atoms with Crippen LogP contribution in [-0.4, -0.2) is 53.6 Å². The number of fused-ring (bicyclic) bond motifs is 5. The number of nitrogens with zero attached hydrogens (tertiary/aromatic N) is 1. The Kier molecular flexibility index (Phi) is 4.58. The molecule has 5 nitrogen and oxygen atoms in total. The average Bonchev–Trinajstić information content (AvgIpc) is 3.04. The normalized spacial score (nSPS) is 29.8. The minimum atomic E-state index is -0.700. The largest absolute Gasteiger partial charge is 0.448 e. The van der Waals surface area contributed by atoms with E-state index in [0.29, 0.717) is 32.7 Å². The maximum atomic E-state index is 13.3. The zero-order chi connectivity index (χ0) is 21.0. The van der Waals surface area contributed by atoms with Crippen LogP contribution in [0.3, 0.4) is 0 Å². The van der Waals surface area contributed by atoms with Gasteiger partial charge in [0.05, 0.1) is 18.8 Å². The second-order valence-electron chi connectivity index (χ2n) is 9.70. The minimum absolute atomic E-state index is 0.0637. The van der Waals surface area contributed by atoms with Crippen LogP contribution in [0.15, 0.2) is 48.5 Å². The number of hydrogen-bond donors (Lipinski definition) is 1. The highest BCUT2D eigenvalue weighted by molar-refractivity contribution is 5.79. The van der Waals surface area contributed by atoms with Gasteiger partial charge in [0.25, 0.3) is 0 Å². The van der Waals surface area contributed by atoms with Gasteiger partial charge in [0.15, 0.2) is 0 Å². The molecule has 162 valence electrons. The van der Waals surface area contributed by atoms with E-state index in [-0.39, 0.29) is 30.0 Å². The van der Waals surface area contributed by atoms with Crippen molar-refractivity contribution in [3.8, 4) is 11.1 Å². The minimum Gasteiger partial charge on any atom is -0.448 e. The van der Waals surface area contributed by atoms with Gasteiger partial charge in [-0.2, -0.15) is 0 Å². The summed E-state index contributed by atoms with van der Waals surface area (Å²) in [6.45, 7) is 1.63. The number of carbonyl (C=O) groups excluding carboxylic acids is 1. The number of rotatable bonds is 3. The Morgan fingerprint density at radius 1 is 1.00 bits per heavy atom. The molecule has 5 heteroatoms. The molecule has 1 aliphatic carbocycles. The van der Waals surface area contributed by atoms with E-state index in [0.717, 1.165) is 19.3 Å². The van der Waals surface area contributed by atoms with E-state index in [9.17, 15) is 9.90 Å². The van der Waals surface area contributed by atoms with Gasteiger partial charge >= 0.3 is 6.09 Å². The highest BCUT2D eigenvalue weighted by atomic mass is 16.6. The molecule has 4 aliphatic rings. The first kappa shape index (κ1) is 19.3. The predicted octanol–water partition coefficient (Wildman–Crippen LogP) is 4.33. The Labute approximate surface area is 183 Å². The van der Waals surface area contributed by atoms with Crippen molar-refractivity contribution in [3.63, 3.8) is 0 Å². The number of carbonyl (C=O) groups is 1. The molecule has 31 heavy (non-hydrogen) atoms. The van der Waals surface area contributed by atoms with Crippen LogP contribution in [0.4, 0.5) is 4.79 Å². The van der Waals surface area contributed by atoms with Crippen molar-refractivity contribution < 1.29 is 19.4 Å². The molecule has 3 aliphatic heterocycles. The molecule has 1 amide bonds. The molecule has 6 rings (SSSR count). The summed E-state index contributed by atoms with van der Waals surface area (Å²) in [6.07, 6.45) is 4.06. The molecule has 0 radical (unpaired) electrons. The number of hydrogen-bond acceptors (Lipinski definition) is 4. The smallest absolute Gasteiger partial charge is 0.410 e. The SMILES string of the molecule is O=C(OCC1c2ccccc2-c2ccccc21)N1C2CCCC1CC(O)(C1COC1)C2. The lowest BCUT2D eigenvalue weighted by molar-refractivity contribution is -0.185. The number of ether oxygens (including phenoxy) is 2. The summed E-state index contributed by atoms with van der Waals surface area (Å²) in [4.78, 5) is 15.2. The number of piperidine rings is 2. The van der Waals surface area contributed by atoms with Gasteiger partial charge in [-0.3, -0.25) is 0 Å². The molecule has 2 bridgehead atoms. The molecule has 3 fully saturated rings. The first-order chi connectivity index (χ1) is 15.1. The summed E-state index contributed by atoms with van der Waals surface area (Å²) in [5.41, 5.74) is 4.24. The second kappa shape index (κ2) is 7.35. The van der Waals surface area contributed by atoms with Crippen molar-refractivity contribution >= 4 is 6.09 Å². The summed E-state index contributed by atoms with van der Waals surface area (Å²) >= 11 is 0. The third-order valence-electron chi connectivity index (χ3n) is 7.98. The number of benzene rings is 2. The van der Waals surface area contributed by atoms with Crippen LogP contribution in [-0.2, 0) is 9.47 Å². The monoisotopic (exact) mass is 419 g/mol. The second-order valence-corrected chi connectivity index (χ2v) is 9.70. The Balaban J connectivity index is 1.19. The lowest BCUT2D eigenvalue weighted by Crippen LogP contribution is -2.64. The van der Waals surface area contributed by atoms with Gasteiger partial charge < -0.3 is 19.5 Å². The van der Waals surface area contributed by atoms with Gasteiger partial charge in [-0.25, -0.2) is 4.79 Å². The average molecular weight is 420 g/mol. The molecular weight excluding hydrogens is 390 g/mol. The van der Waals surface area contributed by atoms with Gasteiger partial charge in [-0.15, -0.1) is 0 Å². The van der Waals surface area contributed by atoms with Gasteiger partial charge in [-0.05, 0) is 54.4 Å². The molecule has 0 aromatic heterocycles. The maximum Gasteiger partial charge on any atom is 0.410 e. The van der Waals surface area contributed by atoms with Crippen molar-refractivity contribution in [1.82, 2.24) is 4.90 Å². The summed E-state index contributed by atoms with van der Waals surface area (Å²) in [6, 6.07) is 16.9. The van der Waals surface area contributed by atoms with Gasteiger partial charge in [-0.1, -0.05) is 48.5 Å². The molecule has 2 atom stereocenters. The Morgan fingerprint density at radius 3 is 2.13 bits per heavy atom. The van der Waals surface area contributed by atoms with E-state index in [1.165, 1.54) is 22.3 Å². The fraction of sp³-hybridized carbons (Fsp3) is 0.500. The molecule has 3 heterocycles. The fourth-order valence-electron chi connectivity index (χ4n) is 6.31. The van der Waals surface area contributed by atoms with Crippen LogP contribution in [0.1, 0.15) is 49.1 Å². The lowest BCUT2D eigenvalue weighted by atomic mass is 9.69. The molecule has 0 saturated carbocycles. The first-order valence-electron chi connectivity index (χ1n) is 11.6. The molecule has 2 aromatic carbocycles. The van der Waals surface area contributed by atoms with Gasteiger partial charge in [0.1, 0.15) is 6.61 Å². The molecular formula is C26H29NO4. The lowest BCUT2D eigenvalue weighted by Gasteiger charge is -2.54. The van der Waals surface area contributed by atoms with E-state index >= 15 is 0 Å². The van der Waals surface area contributed by atoms with Crippen molar-refractivity contribution in [2.75, 3.05) is 19.8 Å². The quantitative estimate of drug-likeness (QED) is 0.805. The molecule has 3 saturated heterocycles. The Hall–Kier alpha value is -2.37. The van der Waals surface area contributed by atoms with E-state index in [1.807, 2.05) is 4.90 Å². The molecule has 0 spiro atoms. The highest BCUT2D eigenvalue weighted by Gasteiger charge is 2.52. The van der Waals surface area contributed by atoms with Crippen molar-refractivity contribution in [3.05, 3.63) is 59.7 Å². The number of amides is 1. The topological polar surface area (TPSA) is 59.0 Å². The van der Waals surface area contributed by atoms with Gasteiger partial charge in [0, 0.05) is 23.9 Å². The summed E-state index contributed by atoms with van der Waals surface area (Å²) in [5.74, 6) is 0.283. The van der Waals surface area contributed by atoms with Crippen molar-refractivity contribution in [2.24, 2.45) is 5.92 Å². The van der Waals surface area contributed by atoms with E-state index in [4.69, 9.17) is 9.47 Å². The number of aliphatic hydroxyl groups is 1. The van der Waals surface area contributed by atoms with Crippen molar-refractivity contribution in [1.29, 1.82) is 0 Å². The zero-order valence-corrected chi connectivity index (χ0v) is 17.7. The van der Waals surface area contributed by atoms with Crippen LogP contribution in [0, 0.1) is 5.92 Å². The Bertz CT molecular complexity index is 941. The molecule has 2 unspecified atom stereocenters. The van der Waals surface area contributed by atoms with Crippen LogP contribution in [0.5, 0.6) is 0 Å². The van der Waals surface area contributed by atoms with Crippen LogP contribution in [0.25, 0.3) is 11.1 Å². The van der Waals surface area contributed by atoms with E-state index in [1.54, 1.807) is 0 Å². The van der Waals surface area contributed by atoms with Crippen LogP contribution >= 0.6 is 0 Å². The summed E-state index contributed by atoms with van der Waals surface area (Å²) < 4.78 is 11.3. The van der Waals surface area contributed by atoms with Gasteiger partial charge in [0.2, 0.25) is 0 Å². The fourth-order valence-corrected chi connectivity index (χ4v) is 6.31. The predicted molar refractivity (Wildman–Crippen MR) is 117 cm³/mol. The molecule has 1 N–H and O–H groups in total. The third-order valence-corrected chi connectivity index (χ3v) is 7.98. The van der Waals surface area contributed by atoms with E-state index < -0.39 is 5.60 Å². The highest BCUT2D eigenvalue weighted by Crippen LogP contribution is 2.46.